The summed E-state index contributed by atoms with van der Waals surface area (Å²) in [4.78, 5) is 11.0. The van der Waals surface area contributed by atoms with E-state index >= 15 is 0 Å². The maximum Gasteiger partial charge on any atom is 0.307 e. The van der Waals surface area contributed by atoms with Gasteiger partial charge in [0.15, 0.2) is 0 Å². The summed E-state index contributed by atoms with van der Waals surface area (Å²) in [5.41, 5.74) is 0. The maximum absolute atomic E-state index is 13.4. The predicted octanol–water partition coefficient (Wildman–Crippen LogP) is 2.16. The van der Waals surface area contributed by atoms with Crippen molar-refractivity contribution in [1.82, 2.24) is 4.31 Å². The molecule has 0 aliphatic carbocycles. The number of hydrogen-bond acceptors (Lipinski definition) is 4. The molecule has 8 heteroatoms. The number of sulfonamides is 1. The first-order chi connectivity index (χ1) is 9.28. The Balaban J connectivity index is 2.82. The molecular formula is C12H15BrFNO4S. The summed E-state index contributed by atoms with van der Waals surface area (Å²) < 4.78 is 43.6. The van der Waals surface area contributed by atoms with Gasteiger partial charge in [0, 0.05) is 13.6 Å². The lowest BCUT2D eigenvalue weighted by Crippen LogP contribution is -2.29. The molecule has 0 spiro atoms. The predicted molar refractivity (Wildman–Crippen MR) is 75.2 cm³/mol. The number of ether oxygens (including phenoxy) is 1. The average Bonchev–Trinajstić information content (AvgIpc) is 2.39. The van der Waals surface area contributed by atoms with Gasteiger partial charge in [0.2, 0.25) is 10.0 Å². The molecule has 0 amide bonds. The van der Waals surface area contributed by atoms with Crippen LogP contribution in [0.3, 0.4) is 0 Å². The maximum atomic E-state index is 13.4. The van der Waals surface area contributed by atoms with E-state index in [1.165, 1.54) is 19.2 Å². The molecule has 0 aromatic heterocycles. The van der Waals surface area contributed by atoms with Crippen LogP contribution in [0.4, 0.5) is 4.39 Å². The Morgan fingerprint density at radius 1 is 1.45 bits per heavy atom. The monoisotopic (exact) mass is 367 g/mol. The van der Waals surface area contributed by atoms with Crippen molar-refractivity contribution in [2.75, 3.05) is 20.2 Å². The van der Waals surface area contributed by atoms with E-state index in [-0.39, 0.29) is 28.9 Å². The molecule has 0 unspecified atom stereocenters. The summed E-state index contributed by atoms with van der Waals surface area (Å²) in [5, 5.41) is 0. The molecule has 0 aliphatic heterocycles. The zero-order valence-electron chi connectivity index (χ0n) is 11.1. The standard InChI is InChI=1S/C12H15BrFNO4S/c1-3-19-12(16)6-7-15(2)20(17,18)9-4-5-10(13)11(14)8-9/h4-5,8H,3,6-7H2,1-2H3. The van der Waals surface area contributed by atoms with Gasteiger partial charge in [0.1, 0.15) is 5.82 Å². The van der Waals surface area contributed by atoms with Crippen molar-refractivity contribution in [2.45, 2.75) is 18.2 Å². The van der Waals surface area contributed by atoms with Crippen molar-refractivity contribution in [1.29, 1.82) is 0 Å². The van der Waals surface area contributed by atoms with E-state index in [0.717, 1.165) is 10.4 Å². The highest BCUT2D eigenvalue weighted by Gasteiger charge is 2.22. The average molecular weight is 368 g/mol. The van der Waals surface area contributed by atoms with Crippen molar-refractivity contribution in [3.8, 4) is 0 Å². The molecule has 0 bridgehead atoms. The Morgan fingerprint density at radius 2 is 2.10 bits per heavy atom. The van der Waals surface area contributed by atoms with Crippen LogP contribution in [0.2, 0.25) is 0 Å². The third kappa shape index (κ3) is 4.26. The number of carbonyl (C=O) groups is 1. The molecule has 1 aromatic carbocycles. The van der Waals surface area contributed by atoms with E-state index < -0.39 is 21.8 Å². The first-order valence-electron chi connectivity index (χ1n) is 5.86. The topological polar surface area (TPSA) is 63.7 Å². The van der Waals surface area contributed by atoms with Gasteiger partial charge in [-0.25, -0.2) is 17.1 Å². The van der Waals surface area contributed by atoms with Gasteiger partial charge in [-0.15, -0.1) is 0 Å². The van der Waals surface area contributed by atoms with E-state index in [9.17, 15) is 17.6 Å². The molecule has 112 valence electrons. The fourth-order valence-corrected chi connectivity index (χ4v) is 2.85. The molecule has 1 aromatic rings. The molecular weight excluding hydrogens is 353 g/mol. The molecule has 0 atom stereocenters. The molecule has 0 heterocycles. The van der Waals surface area contributed by atoms with E-state index in [4.69, 9.17) is 4.74 Å². The third-order valence-electron chi connectivity index (χ3n) is 2.54. The number of hydrogen-bond donors (Lipinski definition) is 0. The fraction of sp³-hybridized carbons (Fsp3) is 0.417. The highest BCUT2D eigenvalue weighted by atomic mass is 79.9. The SMILES string of the molecule is CCOC(=O)CCN(C)S(=O)(=O)c1ccc(Br)c(F)c1. The summed E-state index contributed by atoms with van der Waals surface area (Å²) in [6, 6.07) is 3.55. The second-order valence-electron chi connectivity index (χ2n) is 3.96. The Morgan fingerprint density at radius 3 is 2.65 bits per heavy atom. The van der Waals surface area contributed by atoms with E-state index in [0.29, 0.717) is 0 Å². The highest BCUT2D eigenvalue weighted by Crippen LogP contribution is 2.21. The summed E-state index contributed by atoms with van der Waals surface area (Å²) in [6.07, 6.45) is -0.0530. The zero-order chi connectivity index (χ0) is 15.3. The molecule has 20 heavy (non-hydrogen) atoms. The van der Waals surface area contributed by atoms with Crippen molar-refractivity contribution in [3.05, 3.63) is 28.5 Å². The summed E-state index contributed by atoms with van der Waals surface area (Å²) in [6.45, 7) is 1.88. The van der Waals surface area contributed by atoms with Gasteiger partial charge in [0.25, 0.3) is 0 Å². The first kappa shape index (κ1) is 17.1. The summed E-state index contributed by atoms with van der Waals surface area (Å²) >= 11 is 2.96. The molecule has 0 saturated heterocycles. The lowest BCUT2D eigenvalue weighted by molar-refractivity contribution is -0.143. The largest absolute Gasteiger partial charge is 0.466 e. The van der Waals surface area contributed by atoms with Crippen LogP contribution in [0.15, 0.2) is 27.6 Å². The summed E-state index contributed by atoms with van der Waals surface area (Å²) in [7, 11) is -2.50. The normalized spacial score (nSPS) is 11.7. The van der Waals surface area contributed by atoms with Crippen LogP contribution in [0, 0.1) is 5.82 Å². The number of halogens is 2. The van der Waals surface area contributed by atoms with E-state index in [1.807, 2.05) is 0 Å². The van der Waals surface area contributed by atoms with Gasteiger partial charge in [-0.2, -0.15) is 0 Å². The lowest BCUT2D eigenvalue weighted by atomic mass is 10.3. The summed E-state index contributed by atoms with van der Waals surface area (Å²) in [5.74, 6) is -1.14. The smallest absolute Gasteiger partial charge is 0.307 e. The van der Waals surface area contributed by atoms with Crippen LogP contribution in [-0.4, -0.2) is 38.9 Å². The van der Waals surface area contributed by atoms with Crippen molar-refractivity contribution in [2.24, 2.45) is 0 Å². The zero-order valence-corrected chi connectivity index (χ0v) is 13.5. The Hall–Kier alpha value is -0.990. The second-order valence-corrected chi connectivity index (χ2v) is 6.86. The highest BCUT2D eigenvalue weighted by molar-refractivity contribution is 9.10. The minimum atomic E-state index is -3.82. The third-order valence-corrected chi connectivity index (χ3v) is 5.03. The molecule has 0 saturated carbocycles. The van der Waals surface area contributed by atoms with Crippen molar-refractivity contribution < 1.29 is 22.3 Å². The van der Waals surface area contributed by atoms with Gasteiger partial charge >= 0.3 is 5.97 Å². The van der Waals surface area contributed by atoms with E-state index in [2.05, 4.69) is 15.9 Å². The van der Waals surface area contributed by atoms with Gasteiger partial charge < -0.3 is 4.74 Å². The molecule has 0 radical (unpaired) electrons. The molecule has 0 fully saturated rings. The van der Waals surface area contributed by atoms with Crippen LogP contribution < -0.4 is 0 Å². The first-order valence-corrected chi connectivity index (χ1v) is 8.09. The van der Waals surface area contributed by atoms with Gasteiger partial charge in [-0.3, -0.25) is 4.79 Å². The molecule has 0 N–H and O–H groups in total. The van der Waals surface area contributed by atoms with Crippen LogP contribution in [0.1, 0.15) is 13.3 Å². The molecule has 1 rings (SSSR count). The van der Waals surface area contributed by atoms with E-state index in [1.54, 1.807) is 6.92 Å². The number of benzene rings is 1. The molecule has 5 nitrogen and oxygen atoms in total. The minimum absolute atomic E-state index is 0.0289. The van der Waals surface area contributed by atoms with Crippen LogP contribution in [0.25, 0.3) is 0 Å². The number of carbonyl (C=O) groups excluding carboxylic acids is 1. The Bertz CT molecular complexity index is 591. The van der Waals surface area contributed by atoms with Crippen LogP contribution in [0.5, 0.6) is 0 Å². The van der Waals surface area contributed by atoms with Crippen molar-refractivity contribution in [3.63, 3.8) is 0 Å². The van der Waals surface area contributed by atoms with Crippen LogP contribution in [-0.2, 0) is 19.6 Å². The molecule has 0 aliphatic rings. The fourth-order valence-electron chi connectivity index (χ4n) is 1.42. The number of esters is 1. The Kier molecular flexibility index (Phi) is 6.09. The van der Waals surface area contributed by atoms with Gasteiger partial charge in [-0.05, 0) is 41.1 Å². The number of nitrogens with zero attached hydrogens (tertiary/aromatic N) is 1. The quantitative estimate of drug-likeness (QED) is 0.722. The lowest BCUT2D eigenvalue weighted by Gasteiger charge is -2.16. The minimum Gasteiger partial charge on any atom is -0.466 e. The van der Waals surface area contributed by atoms with Crippen molar-refractivity contribution >= 4 is 31.9 Å². The van der Waals surface area contributed by atoms with Gasteiger partial charge in [0.05, 0.1) is 22.4 Å². The van der Waals surface area contributed by atoms with Gasteiger partial charge in [-0.1, -0.05) is 0 Å². The second kappa shape index (κ2) is 7.14. The number of rotatable bonds is 6. The Labute approximate surface area is 125 Å². The van der Waals surface area contributed by atoms with Crippen LogP contribution >= 0.6 is 15.9 Å².